The predicted molar refractivity (Wildman–Crippen MR) is 116 cm³/mol. The number of nitrogens with one attached hydrogen (secondary N) is 2. The smallest absolute Gasteiger partial charge is 0.265 e. The molecule has 0 fully saturated rings. The van der Waals surface area contributed by atoms with E-state index in [-0.39, 0.29) is 22.2 Å². The first-order valence-electron chi connectivity index (χ1n) is 9.12. The van der Waals surface area contributed by atoms with Crippen LogP contribution >= 0.6 is 0 Å². The average Bonchev–Trinajstić information content (AvgIpc) is 2.74. The van der Waals surface area contributed by atoms with Crippen LogP contribution in [0.3, 0.4) is 0 Å². The molecule has 10 heteroatoms. The zero-order valence-electron chi connectivity index (χ0n) is 16.5. The molecule has 0 bridgehead atoms. The maximum Gasteiger partial charge on any atom is 0.265 e. The minimum absolute atomic E-state index is 0.000134. The van der Waals surface area contributed by atoms with Crippen molar-refractivity contribution in [3.8, 4) is 0 Å². The van der Waals surface area contributed by atoms with Crippen molar-refractivity contribution in [1.82, 2.24) is 9.82 Å². The fourth-order valence-corrected chi connectivity index (χ4v) is 4.99. The second-order valence-electron chi connectivity index (χ2n) is 6.43. The predicted octanol–water partition coefficient (Wildman–Crippen LogP) is 2.91. The largest absolute Gasteiger partial charge is 0.292 e. The minimum atomic E-state index is -3.81. The fourth-order valence-electron chi connectivity index (χ4n) is 2.72. The number of hydrazine groups is 1. The van der Waals surface area contributed by atoms with Crippen LogP contribution in [-0.4, -0.2) is 28.4 Å². The Hall–Kier alpha value is -2.95. The summed E-state index contributed by atoms with van der Waals surface area (Å²) in [6, 6.07) is 17.9. The third-order valence-electron chi connectivity index (χ3n) is 4.30. The Kier molecular flexibility index (Phi) is 6.40. The monoisotopic (exact) mass is 446 g/mol. The van der Waals surface area contributed by atoms with Crippen molar-refractivity contribution in [1.29, 1.82) is 0 Å². The van der Waals surface area contributed by atoms with Gasteiger partial charge in [-0.15, -0.1) is 4.83 Å². The van der Waals surface area contributed by atoms with Gasteiger partial charge in [-0.3, -0.25) is 9.73 Å². The molecule has 2 N–H and O–H groups in total. The van der Waals surface area contributed by atoms with Crippen LogP contribution in [-0.2, 0) is 20.0 Å². The van der Waals surface area contributed by atoms with E-state index >= 15 is 0 Å². The normalized spacial score (nSPS) is 11.8. The molecule has 0 saturated carbocycles. The van der Waals surface area contributed by atoms with Crippen molar-refractivity contribution in [2.24, 2.45) is 0 Å². The Morgan fingerprint density at radius 2 is 1.50 bits per heavy atom. The van der Waals surface area contributed by atoms with Crippen molar-refractivity contribution in [2.45, 2.75) is 23.6 Å². The summed E-state index contributed by atoms with van der Waals surface area (Å²) < 4.78 is 51.8. The highest BCUT2D eigenvalue weighted by Crippen LogP contribution is 2.23. The minimum Gasteiger partial charge on any atom is -0.292 e. The molecule has 0 saturated heterocycles. The first-order chi connectivity index (χ1) is 14.2. The SMILES string of the molecule is CCN(c1ccccc1)S(=O)(=O)c1ccc(NNS(=O)(=O)c2ccc(C)cc2)nc1. The van der Waals surface area contributed by atoms with Gasteiger partial charge < -0.3 is 0 Å². The number of sulfonamides is 2. The van der Waals surface area contributed by atoms with Crippen LogP contribution in [0.4, 0.5) is 11.5 Å². The van der Waals surface area contributed by atoms with Gasteiger partial charge in [-0.05, 0) is 50.2 Å². The van der Waals surface area contributed by atoms with Crippen LogP contribution in [0, 0.1) is 6.92 Å². The van der Waals surface area contributed by atoms with E-state index in [1.54, 1.807) is 43.3 Å². The Bertz CT molecular complexity index is 1200. The van der Waals surface area contributed by atoms with E-state index in [4.69, 9.17) is 0 Å². The third kappa shape index (κ3) is 4.78. The highest BCUT2D eigenvalue weighted by atomic mass is 32.2. The standard InChI is InChI=1S/C20H22N4O4S2/c1-3-24(17-7-5-4-6-8-17)30(27,28)19-13-14-20(21-15-19)22-23-29(25,26)18-11-9-16(2)10-12-18/h4-15,23H,3H2,1-2H3,(H,21,22). The lowest BCUT2D eigenvalue weighted by molar-refractivity contribution is 0.586. The summed E-state index contributed by atoms with van der Waals surface area (Å²) >= 11 is 0. The molecule has 0 aliphatic rings. The van der Waals surface area contributed by atoms with E-state index < -0.39 is 20.0 Å². The molecule has 158 valence electrons. The lowest BCUT2D eigenvalue weighted by Crippen LogP contribution is -2.31. The quantitative estimate of drug-likeness (QED) is 0.515. The van der Waals surface area contributed by atoms with Crippen LogP contribution < -0.4 is 14.6 Å². The molecule has 0 aliphatic carbocycles. The van der Waals surface area contributed by atoms with Crippen LogP contribution in [0.1, 0.15) is 12.5 Å². The summed E-state index contributed by atoms with van der Waals surface area (Å²) in [4.78, 5) is 6.35. The van der Waals surface area contributed by atoms with Gasteiger partial charge in [-0.2, -0.15) is 0 Å². The molecule has 3 aromatic rings. The zero-order chi connectivity index (χ0) is 21.8. The molecule has 0 aliphatic heterocycles. The molecule has 30 heavy (non-hydrogen) atoms. The number of anilines is 2. The van der Waals surface area contributed by atoms with E-state index in [1.165, 1.54) is 34.8 Å². The van der Waals surface area contributed by atoms with Crippen LogP contribution in [0.2, 0.25) is 0 Å². The van der Waals surface area contributed by atoms with Gasteiger partial charge in [0.25, 0.3) is 20.0 Å². The molecule has 0 spiro atoms. The molecule has 3 rings (SSSR count). The number of aryl methyl sites for hydroxylation is 1. The number of rotatable bonds is 8. The summed E-state index contributed by atoms with van der Waals surface area (Å²) in [6.45, 7) is 3.86. The molecule has 0 amide bonds. The maximum absolute atomic E-state index is 13.0. The zero-order valence-corrected chi connectivity index (χ0v) is 18.1. The molecule has 0 radical (unpaired) electrons. The van der Waals surface area contributed by atoms with Crippen molar-refractivity contribution in [3.63, 3.8) is 0 Å². The van der Waals surface area contributed by atoms with Crippen molar-refractivity contribution < 1.29 is 16.8 Å². The molecule has 1 aromatic heterocycles. The number of aromatic nitrogens is 1. The summed E-state index contributed by atoms with van der Waals surface area (Å²) in [7, 11) is -7.60. The van der Waals surface area contributed by atoms with Gasteiger partial charge in [0.1, 0.15) is 10.7 Å². The van der Waals surface area contributed by atoms with Crippen LogP contribution in [0.15, 0.2) is 82.7 Å². The van der Waals surface area contributed by atoms with Crippen LogP contribution in [0.5, 0.6) is 0 Å². The Labute approximate surface area is 176 Å². The average molecular weight is 447 g/mol. The van der Waals surface area contributed by atoms with E-state index in [0.29, 0.717) is 5.69 Å². The molecule has 2 aromatic carbocycles. The summed E-state index contributed by atoms with van der Waals surface area (Å²) in [5.74, 6) is 0.160. The molecule has 0 unspecified atom stereocenters. The Morgan fingerprint density at radius 1 is 0.867 bits per heavy atom. The first kappa shape index (κ1) is 21.8. The lowest BCUT2D eigenvalue weighted by atomic mass is 10.2. The second kappa shape index (κ2) is 8.82. The van der Waals surface area contributed by atoms with E-state index in [1.807, 2.05) is 13.0 Å². The lowest BCUT2D eigenvalue weighted by Gasteiger charge is -2.22. The summed E-state index contributed by atoms with van der Waals surface area (Å²) in [6.07, 6.45) is 1.18. The fraction of sp³-hybridized carbons (Fsp3) is 0.150. The second-order valence-corrected chi connectivity index (χ2v) is 9.97. The number of nitrogens with zero attached hydrogens (tertiary/aromatic N) is 2. The van der Waals surface area contributed by atoms with Gasteiger partial charge in [-0.1, -0.05) is 35.9 Å². The number of pyridine rings is 1. The molecular weight excluding hydrogens is 424 g/mol. The Morgan fingerprint density at radius 3 is 2.07 bits per heavy atom. The first-order valence-corrected chi connectivity index (χ1v) is 12.0. The number of para-hydroxylation sites is 1. The van der Waals surface area contributed by atoms with E-state index in [0.717, 1.165) is 5.56 Å². The molecule has 0 atom stereocenters. The van der Waals surface area contributed by atoms with Crippen molar-refractivity contribution >= 4 is 31.6 Å². The van der Waals surface area contributed by atoms with Crippen molar-refractivity contribution in [2.75, 3.05) is 16.3 Å². The highest BCUT2D eigenvalue weighted by Gasteiger charge is 2.24. The van der Waals surface area contributed by atoms with Gasteiger partial charge in [0, 0.05) is 12.7 Å². The van der Waals surface area contributed by atoms with Gasteiger partial charge >= 0.3 is 0 Å². The van der Waals surface area contributed by atoms with E-state index in [9.17, 15) is 16.8 Å². The van der Waals surface area contributed by atoms with Gasteiger partial charge in [0.05, 0.1) is 10.6 Å². The number of benzene rings is 2. The van der Waals surface area contributed by atoms with E-state index in [2.05, 4.69) is 15.2 Å². The van der Waals surface area contributed by atoms with Crippen molar-refractivity contribution in [3.05, 3.63) is 78.5 Å². The highest BCUT2D eigenvalue weighted by molar-refractivity contribution is 7.92. The summed E-state index contributed by atoms with van der Waals surface area (Å²) in [5, 5.41) is 0. The van der Waals surface area contributed by atoms with Crippen LogP contribution in [0.25, 0.3) is 0 Å². The summed E-state index contributed by atoms with van der Waals surface area (Å²) in [5.41, 5.74) is 3.98. The number of hydrogen-bond acceptors (Lipinski definition) is 6. The molecule has 1 heterocycles. The van der Waals surface area contributed by atoms with Gasteiger partial charge in [-0.25, -0.2) is 21.8 Å². The molecular formula is C20H22N4O4S2. The molecule has 8 nitrogen and oxygen atoms in total. The number of hydrogen-bond donors (Lipinski definition) is 2. The van der Waals surface area contributed by atoms with Gasteiger partial charge in [0.15, 0.2) is 0 Å². The van der Waals surface area contributed by atoms with Gasteiger partial charge in [0.2, 0.25) is 0 Å². The maximum atomic E-state index is 13.0. The third-order valence-corrected chi connectivity index (χ3v) is 7.45. The Balaban J connectivity index is 1.75. The topological polar surface area (TPSA) is 108 Å².